The van der Waals surface area contributed by atoms with Gasteiger partial charge in [-0.25, -0.2) is 9.78 Å². The molecule has 0 bridgehead atoms. The fourth-order valence-corrected chi connectivity index (χ4v) is 1.28. The van der Waals surface area contributed by atoms with Crippen LogP contribution in [-0.2, 0) is 9.53 Å². The molecule has 0 aliphatic heterocycles. The molecule has 0 saturated heterocycles. The van der Waals surface area contributed by atoms with Gasteiger partial charge >= 0.3 is 5.97 Å². The van der Waals surface area contributed by atoms with Gasteiger partial charge in [0.15, 0.2) is 0 Å². The predicted octanol–water partition coefficient (Wildman–Crippen LogP) is 0.440. The number of nitrogens with zero attached hydrogens (tertiary/aromatic N) is 1. The van der Waals surface area contributed by atoms with E-state index in [9.17, 15) is 14.0 Å². The van der Waals surface area contributed by atoms with E-state index in [4.69, 9.17) is 9.84 Å². The second kappa shape index (κ2) is 6.65. The van der Waals surface area contributed by atoms with E-state index in [2.05, 4.69) is 10.3 Å². The van der Waals surface area contributed by atoms with Crippen molar-refractivity contribution < 1.29 is 23.8 Å². The zero-order valence-corrected chi connectivity index (χ0v) is 9.72. The number of ether oxygens (including phenoxy) is 1. The van der Waals surface area contributed by atoms with Gasteiger partial charge in [0.2, 0.25) is 5.95 Å². The normalized spacial score (nSPS) is 11.9. The lowest BCUT2D eigenvalue weighted by molar-refractivity contribution is -0.139. The Labute approximate surface area is 103 Å². The van der Waals surface area contributed by atoms with Gasteiger partial charge in [-0.1, -0.05) is 0 Å². The van der Waals surface area contributed by atoms with E-state index in [1.807, 2.05) is 0 Å². The number of aromatic nitrogens is 1. The average Bonchev–Trinajstić information content (AvgIpc) is 2.33. The zero-order chi connectivity index (χ0) is 13.5. The summed E-state index contributed by atoms with van der Waals surface area (Å²) in [5, 5.41) is 11.2. The molecule has 0 aliphatic rings. The first-order valence-electron chi connectivity index (χ1n) is 5.18. The van der Waals surface area contributed by atoms with Crippen molar-refractivity contribution >= 4 is 11.9 Å². The fourth-order valence-electron chi connectivity index (χ4n) is 1.28. The van der Waals surface area contributed by atoms with Crippen LogP contribution in [0.1, 0.15) is 16.8 Å². The van der Waals surface area contributed by atoms with Crippen LogP contribution in [0.25, 0.3) is 0 Å². The third-order valence-corrected chi connectivity index (χ3v) is 2.20. The molecule has 0 aromatic carbocycles. The van der Waals surface area contributed by atoms with Gasteiger partial charge in [0.25, 0.3) is 5.91 Å². The third-order valence-electron chi connectivity index (χ3n) is 2.20. The average molecular weight is 256 g/mol. The minimum Gasteiger partial charge on any atom is -0.480 e. The Morgan fingerprint density at radius 2 is 2.33 bits per heavy atom. The Kier molecular flexibility index (Phi) is 5.19. The smallest absolute Gasteiger partial charge is 0.326 e. The summed E-state index contributed by atoms with van der Waals surface area (Å²) < 4.78 is 17.5. The van der Waals surface area contributed by atoms with Crippen LogP contribution < -0.4 is 5.32 Å². The summed E-state index contributed by atoms with van der Waals surface area (Å²) in [5.41, 5.74) is 0.0196. The second-order valence-electron chi connectivity index (χ2n) is 3.51. The molecule has 1 aromatic rings. The maximum absolute atomic E-state index is 12.8. The van der Waals surface area contributed by atoms with Crippen molar-refractivity contribution in [3.8, 4) is 0 Å². The summed E-state index contributed by atoms with van der Waals surface area (Å²) in [4.78, 5) is 25.9. The van der Waals surface area contributed by atoms with Crippen LogP contribution in [0.5, 0.6) is 0 Å². The van der Waals surface area contributed by atoms with Crippen molar-refractivity contribution in [2.45, 2.75) is 12.5 Å². The molecule has 1 atom stereocenters. The molecule has 0 radical (unpaired) electrons. The van der Waals surface area contributed by atoms with Gasteiger partial charge in [-0.05, 0) is 6.07 Å². The molecule has 2 N–H and O–H groups in total. The monoisotopic (exact) mass is 256 g/mol. The highest BCUT2D eigenvalue weighted by atomic mass is 19.1. The number of carbonyl (C=O) groups is 2. The number of aliphatic carboxylic acids is 1. The Bertz CT molecular complexity index is 439. The minimum atomic E-state index is -1.17. The Balaban J connectivity index is 2.69. The molecule has 7 heteroatoms. The predicted molar refractivity (Wildman–Crippen MR) is 59.6 cm³/mol. The molecule has 0 saturated carbocycles. The first-order valence-corrected chi connectivity index (χ1v) is 5.18. The molecule has 1 heterocycles. The fraction of sp³-hybridized carbons (Fsp3) is 0.364. The lowest BCUT2D eigenvalue weighted by atomic mass is 10.2. The number of methoxy groups -OCH3 is 1. The number of halogens is 1. The molecule has 1 aromatic heterocycles. The first kappa shape index (κ1) is 14.0. The van der Waals surface area contributed by atoms with Gasteiger partial charge in [-0.15, -0.1) is 0 Å². The summed E-state index contributed by atoms with van der Waals surface area (Å²) in [6, 6.07) is 1.16. The summed E-state index contributed by atoms with van der Waals surface area (Å²) in [5.74, 6) is -2.64. The van der Waals surface area contributed by atoms with Gasteiger partial charge < -0.3 is 15.2 Å². The molecule has 98 valence electrons. The minimum absolute atomic E-state index is 0.0196. The molecule has 1 rings (SSSR count). The standard InChI is InChI=1S/C11H13FN2O4/c1-18-5-3-8(11(16)17)14-10(15)7-2-4-13-9(12)6-7/h2,4,6,8H,3,5H2,1H3,(H,14,15)(H,16,17). The van der Waals surface area contributed by atoms with Crippen LogP contribution in [-0.4, -0.2) is 41.7 Å². The summed E-state index contributed by atoms with van der Waals surface area (Å²) in [6.07, 6.45) is 1.26. The SMILES string of the molecule is COCCC(NC(=O)c1ccnc(F)c1)C(=O)O. The van der Waals surface area contributed by atoms with Crippen molar-refractivity contribution in [3.63, 3.8) is 0 Å². The van der Waals surface area contributed by atoms with Crippen molar-refractivity contribution in [2.75, 3.05) is 13.7 Å². The number of hydrogen-bond donors (Lipinski definition) is 2. The topological polar surface area (TPSA) is 88.5 Å². The number of carboxylic acids is 1. The number of rotatable bonds is 6. The Morgan fingerprint density at radius 1 is 1.61 bits per heavy atom. The summed E-state index contributed by atoms with van der Waals surface area (Å²) in [7, 11) is 1.43. The van der Waals surface area contributed by atoms with Crippen LogP contribution in [0.3, 0.4) is 0 Å². The van der Waals surface area contributed by atoms with Gasteiger partial charge in [0.1, 0.15) is 6.04 Å². The van der Waals surface area contributed by atoms with Crippen molar-refractivity contribution in [1.29, 1.82) is 0 Å². The number of amides is 1. The molecule has 1 amide bonds. The number of pyridine rings is 1. The molecule has 1 unspecified atom stereocenters. The summed E-state index contributed by atoms with van der Waals surface area (Å²) >= 11 is 0. The van der Waals surface area contributed by atoms with E-state index in [0.717, 1.165) is 12.3 Å². The summed E-state index contributed by atoms with van der Waals surface area (Å²) in [6.45, 7) is 0.196. The molecule has 0 aliphatic carbocycles. The van der Waals surface area contributed by atoms with E-state index in [0.29, 0.717) is 0 Å². The molecule has 18 heavy (non-hydrogen) atoms. The van der Waals surface area contributed by atoms with Crippen molar-refractivity contribution in [1.82, 2.24) is 10.3 Å². The number of carboxylic acid groups (broad SMARTS) is 1. The largest absolute Gasteiger partial charge is 0.480 e. The van der Waals surface area contributed by atoms with Crippen LogP contribution >= 0.6 is 0 Å². The van der Waals surface area contributed by atoms with E-state index in [1.165, 1.54) is 13.2 Å². The molecular formula is C11H13FN2O4. The van der Waals surface area contributed by atoms with Crippen molar-refractivity contribution in [2.24, 2.45) is 0 Å². The van der Waals surface area contributed by atoms with Crippen LogP contribution in [0.4, 0.5) is 4.39 Å². The number of hydrogen-bond acceptors (Lipinski definition) is 4. The van der Waals surface area contributed by atoms with E-state index >= 15 is 0 Å². The van der Waals surface area contributed by atoms with Crippen LogP contribution in [0.2, 0.25) is 0 Å². The van der Waals surface area contributed by atoms with Gasteiger partial charge in [0, 0.05) is 38.0 Å². The highest BCUT2D eigenvalue weighted by Gasteiger charge is 2.20. The highest BCUT2D eigenvalue weighted by Crippen LogP contribution is 2.02. The van der Waals surface area contributed by atoms with Gasteiger partial charge in [-0.3, -0.25) is 4.79 Å². The van der Waals surface area contributed by atoms with Crippen LogP contribution in [0, 0.1) is 5.95 Å². The van der Waals surface area contributed by atoms with Crippen molar-refractivity contribution in [3.05, 3.63) is 29.8 Å². The van der Waals surface area contributed by atoms with E-state index in [-0.39, 0.29) is 18.6 Å². The maximum atomic E-state index is 12.8. The van der Waals surface area contributed by atoms with Crippen LogP contribution in [0.15, 0.2) is 18.3 Å². The second-order valence-corrected chi connectivity index (χ2v) is 3.51. The van der Waals surface area contributed by atoms with Gasteiger partial charge in [-0.2, -0.15) is 4.39 Å². The molecule has 6 nitrogen and oxygen atoms in total. The zero-order valence-electron chi connectivity index (χ0n) is 9.72. The number of carbonyl (C=O) groups excluding carboxylic acids is 1. The molecular weight excluding hydrogens is 243 g/mol. The molecule has 0 fully saturated rings. The number of nitrogens with one attached hydrogen (secondary N) is 1. The first-order chi connectivity index (χ1) is 8.54. The Morgan fingerprint density at radius 3 is 2.89 bits per heavy atom. The van der Waals surface area contributed by atoms with E-state index < -0.39 is 23.9 Å². The third kappa shape index (κ3) is 4.10. The maximum Gasteiger partial charge on any atom is 0.326 e. The quantitative estimate of drug-likeness (QED) is 0.721. The highest BCUT2D eigenvalue weighted by molar-refractivity contribution is 5.96. The Hall–Kier alpha value is -2.02. The lowest BCUT2D eigenvalue weighted by Gasteiger charge is -2.13. The van der Waals surface area contributed by atoms with E-state index in [1.54, 1.807) is 0 Å². The molecule has 0 spiro atoms. The lowest BCUT2D eigenvalue weighted by Crippen LogP contribution is -2.41. The van der Waals surface area contributed by atoms with Gasteiger partial charge in [0.05, 0.1) is 0 Å².